The Morgan fingerprint density at radius 3 is 2.53 bits per heavy atom. The van der Waals surface area contributed by atoms with Crippen LogP contribution in [-0.4, -0.2) is 29.4 Å². The van der Waals surface area contributed by atoms with Gasteiger partial charge in [-0.25, -0.2) is 0 Å². The van der Waals surface area contributed by atoms with Crippen molar-refractivity contribution < 1.29 is 9.90 Å². The molecule has 0 saturated heterocycles. The van der Waals surface area contributed by atoms with Gasteiger partial charge in [-0.2, -0.15) is 11.8 Å². The first-order valence-corrected chi connectivity index (χ1v) is 8.11. The molecule has 19 heavy (non-hydrogen) atoms. The van der Waals surface area contributed by atoms with Crippen molar-refractivity contribution in [1.29, 1.82) is 0 Å². The van der Waals surface area contributed by atoms with E-state index in [9.17, 15) is 9.90 Å². The van der Waals surface area contributed by atoms with Gasteiger partial charge in [0.25, 0.3) is 5.91 Å². The van der Waals surface area contributed by atoms with E-state index in [1.165, 1.54) is 5.56 Å². The third-order valence-corrected chi connectivity index (χ3v) is 4.26. The van der Waals surface area contributed by atoms with Crippen LogP contribution in [0.3, 0.4) is 0 Å². The van der Waals surface area contributed by atoms with Crippen molar-refractivity contribution in [3.05, 3.63) is 35.4 Å². The molecule has 1 fully saturated rings. The minimum atomic E-state index is -0.686. The Morgan fingerprint density at radius 2 is 1.95 bits per heavy atom. The van der Waals surface area contributed by atoms with E-state index >= 15 is 0 Å². The lowest BCUT2D eigenvalue weighted by molar-refractivity contribution is 0.0449. The molecular weight excluding hydrogens is 258 g/mol. The van der Waals surface area contributed by atoms with Crippen LogP contribution >= 0.6 is 11.8 Å². The lowest BCUT2D eigenvalue weighted by atomic mass is 10.0. The summed E-state index contributed by atoms with van der Waals surface area (Å²) in [7, 11) is 0. The zero-order valence-electron chi connectivity index (χ0n) is 11.3. The summed E-state index contributed by atoms with van der Waals surface area (Å²) < 4.78 is 0. The molecule has 1 aliphatic carbocycles. The fraction of sp³-hybridized carbons (Fsp3) is 0.533. The first kappa shape index (κ1) is 14.4. The van der Waals surface area contributed by atoms with Gasteiger partial charge in [-0.3, -0.25) is 4.79 Å². The molecule has 4 heteroatoms. The number of carbonyl (C=O) groups excluding carboxylic acids is 1. The monoisotopic (exact) mass is 279 g/mol. The highest BCUT2D eigenvalue weighted by Crippen LogP contribution is 2.28. The van der Waals surface area contributed by atoms with Crippen LogP contribution in [0.4, 0.5) is 0 Å². The van der Waals surface area contributed by atoms with Gasteiger partial charge in [0.2, 0.25) is 0 Å². The Balaban J connectivity index is 1.88. The molecule has 104 valence electrons. The highest BCUT2D eigenvalue weighted by molar-refractivity contribution is 7.97. The van der Waals surface area contributed by atoms with Crippen LogP contribution in [0.1, 0.15) is 41.6 Å². The predicted octanol–water partition coefficient (Wildman–Crippen LogP) is 2.58. The molecule has 1 saturated carbocycles. The van der Waals surface area contributed by atoms with Gasteiger partial charge >= 0.3 is 0 Å². The van der Waals surface area contributed by atoms with Crippen LogP contribution in [0.2, 0.25) is 0 Å². The second-order valence-corrected chi connectivity index (χ2v) is 6.11. The standard InChI is InChI=1S/C15H21NO2S/c1-19-10-12-4-6-13(7-5-12)14(17)16-11-15(18)8-2-3-9-15/h4-7,18H,2-3,8-11H2,1H3,(H,16,17). The molecule has 1 amide bonds. The number of amides is 1. The fourth-order valence-electron chi connectivity index (χ4n) is 2.48. The summed E-state index contributed by atoms with van der Waals surface area (Å²) in [5.74, 6) is 0.859. The number of hydrogen-bond donors (Lipinski definition) is 2. The summed E-state index contributed by atoms with van der Waals surface area (Å²) in [5, 5.41) is 13.0. The second kappa shape index (κ2) is 6.44. The zero-order valence-corrected chi connectivity index (χ0v) is 12.1. The number of nitrogens with one attached hydrogen (secondary N) is 1. The Hall–Kier alpha value is -1.00. The molecule has 0 atom stereocenters. The van der Waals surface area contributed by atoms with Crippen LogP contribution in [0.25, 0.3) is 0 Å². The smallest absolute Gasteiger partial charge is 0.251 e. The zero-order chi connectivity index (χ0) is 13.7. The van der Waals surface area contributed by atoms with Crippen molar-refractivity contribution in [2.45, 2.75) is 37.0 Å². The number of carbonyl (C=O) groups is 1. The molecule has 0 aliphatic heterocycles. The van der Waals surface area contributed by atoms with Crippen molar-refractivity contribution in [2.75, 3.05) is 12.8 Å². The molecule has 0 heterocycles. The Bertz CT molecular complexity index is 424. The number of benzene rings is 1. The molecule has 2 rings (SSSR count). The third-order valence-electron chi connectivity index (χ3n) is 3.64. The van der Waals surface area contributed by atoms with E-state index in [0.29, 0.717) is 12.1 Å². The predicted molar refractivity (Wildman–Crippen MR) is 79.4 cm³/mol. The summed E-state index contributed by atoms with van der Waals surface area (Å²) in [6, 6.07) is 7.66. The van der Waals surface area contributed by atoms with Crippen LogP contribution in [0.5, 0.6) is 0 Å². The molecule has 0 unspecified atom stereocenters. The molecule has 0 bridgehead atoms. The average Bonchev–Trinajstić information content (AvgIpc) is 2.85. The van der Waals surface area contributed by atoms with Gasteiger partial charge in [0.1, 0.15) is 0 Å². The lowest BCUT2D eigenvalue weighted by Crippen LogP contribution is -2.40. The maximum atomic E-state index is 12.0. The first-order chi connectivity index (χ1) is 9.13. The first-order valence-electron chi connectivity index (χ1n) is 6.71. The minimum absolute atomic E-state index is 0.101. The Labute approximate surface area is 118 Å². The van der Waals surface area contributed by atoms with Gasteiger partial charge in [-0.15, -0.1) is 0 Å². The summed E-state index contributed by atoms with van der Waals surface area (Å²) in [5.41, 5.74) is 1.19. The molecular formula is C15H21NO2S. The maximum absolute atomic E-state index is 12.0. The highest BCUT2D eigenvalue weighted by atomic mass is 32.2. The number of aliphatic hydroxyl groups is 1. The van der Waals surface area contributed by atoms with E-state index in [1.54, 1.807) is 11.8 Å². The summed E-state index contributed by atoms with van der Waals surface area (Å²) in [4.78, 5) is 12.0. The third kappa shape index (κ3) is 3.98. The SMILES string of the molecule is CSCc1ccc(C(=O)NCC2(O)CCCC2)cc1. The van der Waals surface area contributed by atoms with Crippen LogP contribution in [-0.2, 0) is 5.75 Å². The Kier molecular flexibility index (Phi) is 4.88. The van der Waals surface area contributed by atoms with Gasteiger partial charge in [0.05, 0.1) is 5.60 Å². The lowest BCUT2D eigenvalue weighted by Gasteiger charge is -2.22. The van der Waals surface area contributed by atoms with Gasteiger partial charge in [-0.05, 0) is 36.8 Å². The van der Waals surface area contributed by atoms with Crippen LogP contribution in [0, 0.1) is 0 Å². The Morgan fingerprint density at radius 1 is 1.32 bits per heavy atom. The average molecular weight is 279 g/mol. The van der Waals surface area contributed by atoms with Gasteiger partial charge in [0.15, 0.2) is 0 Å². The molecule has 3 nitrogen and oxygen atoms in total. The normalized spacial score (nSPS) is 17.4. The molecule has 1 aromatic carbocycles. The number of thioether (sulfide) groups is 1. The van der Waals surface area contributed by atoms with E-state index in [4.69, 9.17) is 0 Å². The van der Waals surface area contributed by atoms with Gasteiger partial charge in [-0.1, -0.05) is 25.0 Å². The molecule has 2 N–H and O–H groups in total. The molecule has 1 aromatic rings. The molecule has 0 spiro atoms. The minimum Gasteiger partial charge on any atom is -0.388 e. The van der Waals surface area contributed by atoms with Crippen molar-refractivity contribution in [1.82, 2.24) is 5.32 Å². The molecule has 1 aliphatic rings. The van der Waals surface area contributed by atoms with Gasteiger partial charge < -0.3 is 10.4 Å². The summed E-state index contributed by atoms with van der Waals surface area (Å²) >= 11 is 1.76. The second-order valence-electron chi connectivity index (χ2n) is 5.24. The summed E-state index contributed by atoms with van der Waals surface area (Å²) in [6.45, 7) is 0.360. The highest BCUT2D eigenvalue weighted by Gasteiger charge is 2.31. The van der Waals surface area contributed by atoms with Gasteiger partial charge in [0, 0.05) is 17.9 Å². The number of hydrogen-bond acceptors (Lipinski definition) is 3. The fourth-order valence-corrected chi connectivity index (χ4v) is 3.00. The maximum Gasteiger partial charge on any atom is 0.251 e. The van der Waals surface area contributed by atoms with E-state index in [0.717, 1.165) is 31.4 Å². The van der Waals surface area contributed by atoms with Crippen LogP contribution < -0.4 is 5.32 Å². The molecule has 0 radical (unpaired) electrons. The van der Waals surface area contributed by atoms with Crippen molar-refractivity contribution in [3.63, 3.8) is 0 Å². The summed E-state index contributed by atoms with van der Waals surface area (Å²) in [6.07, 6.45) is 5.74. The van der Waals surface area contributed by atoms with E-state index < -0.39 is 5.60 Å². The van der Waals surface area contributed by atoms with Crippen molar-refractivity contribution in [2.24, 2.45) is 0 Å². The van der Waals surface area contributed by atoms with E-state index in [-0.39, 0.29) is 5.91 Å². The van der Waals surface area contributed by atoms with E-state index in [1.807, 2.05) is 24.3 Å². The number of rotatable bonds is 5. The van der Waals surface area contributed by atoms with Crippen molar-refractivity contribution >= 4 is 17.7 Å². The largest absolute Gasteiger partial charge is 0.388 e. The quantitative estimate of drug-likeness (QED) is 0.871. The topological polar surface area (TPSA) is 49.3 Å². The molecule has 0 aromatic heterocycles. The van der Waals surface area contributed by atoms with Crippen molar-refractivity contribution in [3.8, 4) is 0 Å². The van der Waals surface area contributed by atoms with E-state index in [2.05, 4.69) is 11.6 Å². The van der Waals surface area contributed by atoms with Crippen LogP contribution in [0.15, 0.2) is 24.3 Å².